The molecule has 8 heteroatoms. The van der Waals surface area contributed by atoms with Gasteiger partial charge in [-0.15, -0.1) is 0 Å². The topological polar surface area (TPSA) is 105 Å². The molecule has 0 bridgehead atoms. The molecule has 0 spiro atoms. The third-order valence-corrected chi connectivity index (χ3v) is 7.23. The SMILES string of the molecule is COC(C)C(NC(=O)OCC1c2ccccc2-c2ccccc21)C(=O)N1CC[C@@H](C(=O)O)C[C@H]1C. The number of alkyl carbamates (subject to hydrolysis) is 1. The number of ether oxygens (including phenoxy) is 2. The van der Waals surface area contributed by atoms with Crippen LogP contribution in [0.2, 0.25) is 0 Å². The van der Waals surface area contributed by atoms with Gasteiger partial charge in [0.25, 0.3) is 0 Å². The van der Waals surface area contributed by atoms with E-state index in [1.807, 2.05) is 43.3 Å². The monoisotopic (exact) mass is 480 g/mol. The highest BCUT2D eigenvalue weighted by atomic mass is 16.5. The predicted octanol–water partition coefficient (Wildman–Crippen LogP) is 3.64. The molecule has 0 radical (unpaired) electrons. The van der Waals surface area contributed by atoms with Crippen molar-refractivity contribution in [2.24, 2.45) is 5.92 Å². The van der Waals surface area contributed by atoms with Gasteiger partial charge in [-0.2, -0.15) is 0 Å². The van der Waals surface area contributed by atoms with Gasteiger partial charge >= 0.3 is 12.1 Å². The van der Waals surface area contributed by atoms with E-state index in [0.717, 1.165) is 22.3 Å². The van der Waals surface area contributed by atoms with Crippen molar-refractivity contribution in [3.8, 4) is 11.1 Å². The average Bonchev–Trinajstić information content (AvgIpc) is 3.18. The number of carboxylic acids is 1. The summed E-state index contributed by atoms with van der Waals surface area (Å²) in [6.45, 7) is 3.99. The highest BCUT2D eigenvalue weighted by Crippen LogP contribution is 2.44. The minimum Gasteiger partial charge on any atom is -0.481 e. The van der Waals surface area contributed by atoms with E-state index < -0.39 is 30.1 Å². The molecule has 186 valence electrons. The number of carbonyl (C=O) groups excluding carboxylic acids is 2. The fraction of sp³-hybridized carbons (Fsp3) is 0.444. The van der Waals surface area contributed by atoms with E-state index in [9.17, 15) is 19.5 Å². The van der Waals surface area contributed by atoms with Gasteiger partial charge in [0.1, 0.15) is 12.6 Å². The molecule has 2 aliphatic rings. The van der Waals surface area contributed by atoms with Crippen LogP contribution < -0.4 is 5.32 Å². The molecule has 4 atom stereocenters. The first-order valence-electron chi connectivity index (χ1n) is 12.0. The normalized spacial score (nSPS) is 20.9. The van der Waals surface area contributed by atoms with Crippen molar-refractivity contribution in [1.29, 1.82) is 0 Å². The lowest BCUT2D eigenvalue weighted by atomic mass is 9.91. The molecule has 2 aromatic rings. The van der Waals surface area contributed by atoms with Crippen molar-refractivity contribution >= 4 is 18.0 Å². The van der Waals surface area contributed by atoms with E-state index in [0.29, 0.717) is 19.4 Å². The van der Waals surface area contributed by atoms with Crippen LogP contribution in [-0.4, -0.2) is 66.4 Å². The van der Waals surface area contributed by atoms with Crippen LogP contribution in [0.5, 0.6) is 0 Å². The minimum absolute atomic E-state index is 0.0859. The Bertz CT molecular complexity index is 1060. The van der Waals surface area contributed by atoms with Crippen molar-refractivity contribution in [2.75, 3.05) is 20.3 Å². The number of carboxylic acid groups (broad SMARTS) is 1. The van der Waals surface area contributed by atoms with Crippen molar-refractivity contribution in [3.63, 3.8) is 0 Å². The van der Waals surface area contributed by atoms with Gasteiger partial charge in [-0.05, 0) is 48.9 Å². The molecular formula is C27H32N2O6. The fourth-order valence-corrected chi connectivity index (χ4v) is 5.19. The molecule has 2 aromatic carbocycles. The molecule has 1 fully saturated rings. The first-order valence-corrected chi connectivity index (χ1v) is 12.0. The number of likely N-dealkylation sites (tertiary alicyclic amines) is 1. The third-order valence-electron chi connectivity index (χ3n) is 7.23. The van der Waals surface area contributed by atoms with Crippen LogP contribution in [0.3, 0.4) is 0 Å². The van der Waals surface area contributed by atoms with Gasteiger partial charge in [-0.1, -0.05) is 48.5 Å². The Morgan fingerprint density at radius 2 is 1.69 bits per heavy atom. The third kappa shape index (κ3) is 5.03. The van der Waals surface area contributed by atoms with E-state index in [4.69, 9.17) is 9.47 Å². The summed E-state index contributed by atoms with van der Waals surface area (Å²) in [6, 6.07) is 15.0. The highest BCUT2D eigenvalue weighted by Gasteiger charge is 2.38. The molecular weight excluding hydrogens is 448 g/mol. The maximum atomic E-state index is 13.3. The summed E-state index contributed by atoms with van der Waals surface area (Å²) in [5.74, 6) is -1.70. The maximum absolute atomic E-state index is 13.3. The summed E-state index contributed by atoms with van der Waals surface area (Å²) in [5, 5.41) is 12.0. The van der Waals surface area contributed by atoms with E-state index >= 15 is 0 Å². The van der Waals surface area contributed by atoms with E-state index in [-0.39, 0.29) is 24.5 Å². The minimum atomic E-state index is -0.945. The number of carbonyl (C=O) groups is 3. The molecule has 4 rings (SSSR count). The Morgan fingerprint density at radius 1 is 1.09 bits per heavy atom. The number of piperidine rings is 1. The largest absolute Gasteiger partial charge is 0.481 e. The molecule has 1 aliphatic heterocycles. The number of rotatable bonds is 7. The van der Waals surface area contributed by atoms with E-state index in [1.165, 1.54) is 7.11 Å². The number of fused-ring (bicyclic) bond motifs is 3. The van der Waals surface area contributed by atoms with E-state index in [2.05, 4.69) is 17.4 Å². The molecule has 1 saturated heterocycles. The van der Waals surface area contributed by atoms with Crippen LogP contribution in [0.4, 0.5) is 4.79 Å². The van der Waals surface area contributed by atoms with Gasteiger partial charge in [0.05, 0.1) is 12.0 Å². The molecule has 1 aliphatic carbocycles. The van der Waals surface area contributed by atoms with Gasteiger partial charge in [-0.3, -0.25) is 9.59 Å². The number of nitrogens with one attached hydrogen (secondary N) is 1. The number of benzene rings is 2. The average molecular weight is 481 g/mol. The summed E-state index contributed by atoms with van der Waals surface area (Å²) < 4.78 is 11.0. The zero-order valence-electron chi connectivity index (χ0n) is 20.3. The smallest absolute Gasteiger partial charge is 0.407 e. The first-order chi connectivity index (χ1) is 16.8. The van der Waals surface area contributed by atoms with Gasteiger partial charge in [-0.25, -0.2) is 4.79 Å². The van der Waals surface area contributed by atoms with Gasteiger partial charge < -0.3 is 24.8 Å². The number of aliphatic carboxylic acids is 1. The Kier molecular flexibility index (Phi) is 7.40. The summed E-state index contributed by atoms with van der Waals surface area (Å²) in [4.78, 5) is 39.1. The molecule has 0 aromatic heterocycles. The molecule has 2 N–H and O–H groups in total. The van der Waals surface area contributed by atoms with Crippen molar-refractivity contribution in [2.45, 2.75) is 50.8 Å². The van der Waals surface area contributed by atoms with Crippen molar-refractivity contribution in [1.82, 2.24) is 10.2 Å². The lowest BCUT2D eigenvalue weighted by Crippen LogP contribution is -2.58. The van der Waals surface area contributed by atoms with Crippen LogP contribution in [0.15, 0.2) is 48.5 Å². The lowest BCUT2D eigenvalue weighted by molar-refractivity contribution is -0.149. The Labute approximate surface area is 205 Å². The van der Waals surface area contributed by atoms with E-state index in [1.54, 1.807) is 11.8 Å². The Balaban J connectivity index is 1.43. The fourth-order valence-electron chi connectivity index (χ4n) is 5.19. The number of amides is 2. The van der Waals surface area contributed by atoms with Crippen LogP contribution in [0.1, 0.15) is 43.7 Å². The lowest BCUT2D eigenvalue weighted by Gasteiger charge is -2.39. The Morgan fingerprint density at radius 3 is 2.23 bits per heavy atom. The number of methoxy groups -OCH3 is 1. The van der Waals surface area contributed by atoms with Crippen LogP contribution in [0.25, 0.3) is 11.1 Å². The summed E-state index contributed by atoms with van der Waals surface area (Å²) in [7, 11) is 1.48. The quantitative estimate of drug-likeness (QED) is 0.627. The standard InChI is InChI=1S/C27H32N2O6/c1-16-14-18(26(31)32)12-13-29(16)25(30)24(17(2)34-3)28-27(33)35-15-23-21-10-6-4-8-19(21)20-9-5-7-11-22(20)23/h4-11,16-18,23-24H,12-15H2,1-3H3,(H,28,33)(H,31,32)/t16-,17?,18-,24?/m1/s1. The van der Waals surface area contributed by atoms with Gasteiger partial charge in [0.15, 0.2) is 0 Å². The maximum Gasteiger partial charge on any atom is 0.407 e. The molecule has 2 amide bonds. The second-order valence-corrected chi connectivity index (χ2v) is 9.33. The van der Waals surface area contributed by atoms with Crippen LogP contribution in [0, 0.1) is 5.92 Å². The van der Waals surface area contributed by atoms with Crippen molar-refractivity contribution in [3.05, 3.63) is 59.7 Å². The number of hydrogen-bond acceptors (Lipinski definition) is 5. The zero-order valence-corrected chi connectivity index (χ0v) is 20.3. The van der Waals surface area contributed by atoms with Crippen LogP contribution >= 0.6 is 0 Å². The number of nitrogens with zero attached hydrogens (tertiary/aromatic N) is 1. The molecule has 8 nitrogen and oxygen atoms in total. The zero-order chi connectivity index (χ0) is 25.1. The second kappa shape index (κ2) is 10.5. The van der Waals surface area contributed by atoms with Gasteiger partial charge in [0, 0.05) is 25.6 Å². The summed E-state index contributed by atoms with van der Waals surface area (Å²) in [5.41, 5.74) is 4.48. The van der Waals surface area contributed by atoms with Gasteiger partial charge in [0.2, 0.25) is 5.91 Å². The first kappa shape index (κ1) is 24.7. The highest BCUT2D eigenvalue weighted by molar-refractivity contribution is 5.87. The van der Waals surface area contributed by atoms with Crippen molar-refractivity contribution < 1.29 is 29.0 Å². The molecule has 35 heavy (non-hydrogen) atoms. The molecule has 1 heterocycles. The summed E-state index contributed by atoms with van der Waals surface area (Å²) in [6.07, 6.45) is -0.528. The molecule has 2 unspecified atom stereocenters. The predicted molar refractivity (Wildman–Crippen MR) is 130 cm³/mol. The number of hydrogen-bond donors (Lipinski definition) is 2. The molecule has 0 saturated carbocycles. The summed E-state index contributed by atoms with van der Waals surface area (Å²) >= 11 is 0. The second-order valence-electron chi connectivity index (χ2n) is 9.33. The Hall–Kier alpha value is -3.39. The van der Waals surface area contributed by atoms with Crippen LogP contribution in [-0.2, 0) is 19.1 Å².